The van der Waals surface area contributed by atoms with Crippen LogP contribution in [0.25, 0.3) is 0 Å². The summed E-state index contributed by atoms with van der Waals surface area (Å²) in [6.07, 6.45) is 4.06. The zero-order valence-electron chi connectivity index (χ0n) is 15.7. The van der Waals surface area contributed by atoms with Crippen molar-refractivity contribution in [1.82, 2.24) is 14.8 Å². The first-order chi connectivity index (χ1) is 13.3. The van der Waals surface area contributed by atoms with Gasteiger partial charge >= 0.3 is 0 Å². The van der Waals surface area contributed by atoms with E-state index in [1.807, 2.05) is 41.3 Å². The second-order valence-electron chi connectivity index (χ2n) is 7.56. The third kappa shape index (κ3) is 4.54. The molecule has 0 N–H and O–H groups in total. The van der Waals surface area contributed by atoms with Crippen LogP contribution in [-0.2, 0) is 11.3 Å². The number of piperidine rings is 1. The number of aromatic nitrogens is 1. The molecule has 142 valence electrons. The molecule has 1 aromatic heterocycles. The molecule has 3 aliphatic heterocycles. The van der Waals surface area contributed by atoms with Crippen LogP contribution in [0.15, 0.2) is 54.7 Å². The lowest BCUT2D eigenvalue weighted by Crippen LogP contribution is -2.45. The Morgan fingerprint density at radius 3 is 2.70 bits per heavy atom. The molecule has 5 nitrogen and oxygen atoms in total. The average Bonchev–Trinajstić information content (AvgIpc) is 3.04. The number of amides is 1. The maximum absolute atomic E-state index is 12.8. The fraction of sp³-hybridized carbons (Fsp3) is 0.455. The van der Waals surface area contributed by atoms with E-state index in [2.05, 4.69) is 22.0 Å². The van der Waals surface area contributed by atoms with Crippen LogP contribution in [0.2, 0.25) is 0 Å². The predicted octanol–water partition coefficient (Wildman–Crippen LogP) is 2.83. The molecule has 0 spiro atoms. The largest absolute Gasteiger partial charge is 0.375 e. The first kappa shape index (κ1) is 18.1. The molecule has 4 heterocycles. The van der Waals surface area contributed by atoms with Crippen molar-refractivity contribution in [2.45, 2.75) is 25.5 Å². The molecule has 3 saturated heterocycles. The maximum atomic E-state index is 12.8. The zero-order valence-corrected chi connectivity index (χ0v) is 15.7. The Labute approximate surface area is 161 Å². The number of nitrogens with zero attached hydrogens (tertiary/aromatic N) is 3. The summed E-state index contributed by atoms with van der Waals surface area (Å²) in [6.45, 7) is 5.02. The van der Waals surface area contributed by atoms with E-state index in [-0.39, 0.29) is 5.91 Å². The molecule has 0 saturated carbocycles. The number of rotatable bonds is 6. The first-order valence-corrected chi connectivity index (χ1v) is 9.85. The summed E-state index contributed by atoms with van der Waals surface area (Å²) < 4.78 is 5.88. The Balaban J connectivity index is 1.31. The van der Waals surface area contributed by atoms with Gasteiger partial charge in [0.15, 0.2) is 0 Å². The van der Waals surface area contributed by atoms with Crippen molar-refractivity contribution in [1.29, 1.82) is 0 Å². The standard InChI is InChI=1S/C22H27N3O2/c26-22(21-8-4-5-11-23-21)25-15-19-9-10-20(16-25)24(14-19)12-13-27-17-18-6-2-1-3-7-18/h1-8,11,19-20H,9-10,12-17H2/t19-,20-/m0/s1. The summed E-state index contributed by atoms with van der Waals surface area (Å²) in [4.78, 5) is 21.6. The van der Waals surface area contributed by atoms with Crippen molar-refractivity contribution in [2.24, 2.45) is 5.92 Å². The van der Waals surface area contributed by atoms with Crippen LogP contribution in [-0.4, -0.2) is 59.5 Å². The monoisotopic (exact) mass is 365 g/mol. The number of carbonyl (C=O) groups is 1. The average molecular weight is 365 g/mol. The van der Waals surface area contributed by atoms with E-state index in [9.17, 15) is 4.79 Å². The molecule has 5 rings (SSSR count). The van der Waals surface area contributed by atoms with E-state index in [1.165, 1.54) is 12.0 Å². The van der Waals surface area contributed by atoms with Gasteiger partial charge in [0.25, 0.3) is 5.91 Å². The van der Waals surface area contributed by atoms with E-state index in [4.69, 9.17) is 4.74 Å². The Kier molecular flexibility index (Phi) is 5.80. The summed E-state index contributed by atoms with van der Waals surface area (Å²) in [7, 11) is 0. The van der Waals surface area contributed by atoms with Crippen molar-refractivity contribution < 1.29 is 9.53 Å². The topological polar surface area (TPSA) is 45.7 Å². The Morgan fingerprint density at radius 2 is 1.89 bits per heavy atom. The van der Waals surface area contributed by atoms with Gasteiger partial charge in [0.2, 0.25) is 0 Å². The summed E-state index contributed by atoms with van der Waals surface area (Å²) in [5.74, 6) is 0.611. The number of carbonyl (C=O) groups excluding carboxylic acids is 1. The molecule has 27 heavy (non-hydrogen) atoms. The van der Waals surface area contributed by atoms with Crippen LogP contribution in [0.3, 0.4) is 0 Å². The smallest absolute Gasteiger partial charge is 0.272 e. The molecular weight excluding hydrogens is 338 g/mol. The third-order valence-corrected chi connectivity index (χ3v) is 5.63. The number of ether oxygens (including phenoxy) is 1. The van der Waals surface area contributed by atoms with Gasteiger partial charge in [-0.25, -0.2) is 0 Å². The minimum absolute atomic E-state index is 0.0645. The molecule has 2 bridgehead atoms. The van der Waals surface area contributed by atoms with Crippen LogP contribution in [0, 0.1) is 5.92 Å². The summed E-state index contributed by atoms with van der Waals surface area (Å²) >= 11 is 0. The second-order valence-corrected chi connectivity index (χ2v) is 7.56. The molecule has 0 radical (unpaired) electrons. The van der Waals surface area contributed by atoms with E-state index in [0.717, 1.165) is 39.2 Å². The molecule has 2 atom stereocenters. The van der Waals surface area contributed by atoms with Gasteiger partial charge in [-0.1, -0.05) is 36.4 Å². The lowest BCUT2D eigenvalue weighted by Gasteiger charge is -2.35. The highest BCUT2D eigenvalue weighted by Crippen LogP contribution is 2.28. The van der Waals surface area contributed by atoms with E-state index >= 15 is 0 Å². The van der Waals surface area contributed by atoms with Gasteiger partial charge in [0.05, 0.1) is 13.2 Å². The lowest BCUT2D eigenvalue weighted by atomic mass is 9.95. The van der Waals surface area contributed by atoms with Gasteiger partial charge in [0, 0.05) is 38.4 Å². The van der Waals surface area contributed by atoms with Crippen LogP contribution in [0.4, 0.5) is 0 Å². The van der Waals surface area contributed by atoms with E-state index in [0.29, 0.717) is 24.3 Å². The fourth-order valence-electron chi connectivity index (χ4n) is 4.22. The van der Waals surface area contributed by atoms with Crippen LogP contribution >= 0.6 is 0 Å². The van der Waals surface area contributed by atoms with Crippen LogP contribution in [0.5, 0.6) is 0 Å². The lowest BCUT2D eigenvalue weighted by molar-refractivity contribution is 0.0572. The highest BCUT2D eigenvalue weighted by Gasteiger charge is 2.36. The minimum Gasteiger partial charge on any atom is -0.375 e. The Morgan fingerprint density at radius 1 is 1.04 bits per heavy atom. The Hall–Kier alpha value is -2.24. The van der Waals surface area contributed by atoms with Gasteiger partial charge < -0.3 is 9.64 Å². The van der Waals surface area contributed by atoms with Crippen molar-refractivity contribution in [3.63, 3.8) is 0 Å². The van der Waals surface area contributed by atoms with Crippen LogP contribution in [0.1, 0.15) is 28.9 Å². The Bertz CT molecular complexity index is 738. The van der Waals surface area contributed by atoms with E-state index < -0.39 is 0 Å². The van der Waals surface area contributed by atoms with Gasteiger partial charge in [-0.05, 0) is 36.5 Å². The summed E-state index contributed by atoms with van der Waals surface area (Å²) in [5, 5.41) is 0. The van der Waals surface area contributed by atoms with Crippen molar-refractivity contribution in [3.05, 3.63) is 66.0 Å². The fourth-order valence-corrected chi connectivity index (χ4v) is 4.22. The maximum Gasteiger partial charge on any atom is 0.272 e. The summed E-state index contributed by atoms with van der Waals surface area (Å²) in [6, 6.07) is 16.3. The van der Waals surface area contributed by atoms with Gasteiger partial charge in [-0.3, -0.25) is 14.7 Å². The second kappa shape index (κ2) is 8.63. The van der Waals surface area contributed by atoms with Crippen molar-refractivity contribution >= 4 is 5.91 Å². The van der Waals surface area contributed by atoms with Crippen molar-refractivity contribution in [2.75, 3.05) is 32.8 Å². The molecule has 0 unspecified atom stereocenters. The molecule has 5 heteroatoms. The van der Waals surface area contributed by atoms with Gasteiger partial charge in [-0.2, -0.15) is 0 Å². The molecule has 1 aromatic carbocycles. The molecular formula is C22H27N3O2. The highest BCUT2D eigenvalue weighted by atomic mass is 16.5. The number of benzene rings is 1. The van der Waals surface area contributed by atoms with Gasteiger partial charge in [-0.15, -0.1) is 0 Å². The SMILES string of the molecule is O=C(c1ccccn1)N1C[C@H]2CC[C@@H](C1)N(CCOCc1ccccc1)C2. The molecule has 2 aromatic rings. The summed E-state index contributed by atoms with van der Waals surface area (Å²) in [5.41, 5.74) is 1.76. The third-order valence-electron chi connectivity index (χ3n) is 5.63. The molecule has 0 aliphatic carbocycles. The number of pyridine rings is 1. The van der Waals surface area contributed by atoms with Crippen molar-refractivity contribution in [3.8, 4) is 0 Å². The van der Waals surface area contributed by atoms with Crippen LogP contribution < -0.4 is 0 Å². The number of hydrogen-bond acceptors (Lipinski definition) is 4. The molecule has 3 fully saturated rings. The number of hydrogen-bond donors (Lipinski definition) is 0. The van der Waals surface area contributed by atoms with E-state index in [1.54, 1.807) is 6.20 Å². The molecule has 1 amide bonds. The normalized spacial score (nSPS) is 22.6. The molecule has 3 aliphatic rings. The minimum atomic E-state index is 0.0645. The number of fused-ring (bicyclic) bond motifs is 4. The quantitative estimate of drug-likeness (QED) is 0.739. The first-order valence-electron chi connectivity index (χ1n) is 9.85. The zero-order chi connectivity index (χ0) is 18.5. The highest BCUT2D eigenvalue weighted by molar-refractivity contribution is 5.92. The van der Waals surface area contributed by atoms with Gasteiger partial charge in [0.1, 0.15) is 5.69 Å². The predicted molar refractivity (Wildman–Crippen MR) is 104 cm³/mol.